The predicted octanol–water partition coefficient (Wildman–Crippen LogP) is 8.10. The third-order valence-corrected chi connectivity index (χ3v) is 6.42. The van der Waals surface area contributed by atoms with Crippen LogP contribution >= 0.6 is 0 Å². The molecule has 0 heterocycles. The number of benzene rings is 2. The van der Waals surface area contributed by atoms with E-state index in [1.807, 2.05) is 18.2 Å². The van der Waals surface area contributed by atoms with Crippen molar-refractivity contribution >= 4 is 14.6 Å². The quantitative estimate of drug-likeness (QED) is 0.292. The molecule has 0 aliphatic rings. The van der Waals surface area contributed by atoms with Crippen LogP contribution in [0, 0.1) is 12.3 Å². The minimum absolute atomic E-state index is 0.0322. The zero-order valence-electron chi connectivity index (χ0n) is 22.0. The fourth-order valence-corrected chi connectivity index (χ4v) is 4.39. The molecule has 0 aliphatic heterocycles. The van der Waals surface area contributed by atoms with Crippen LogP contribution in [0.2, 0.25) is 13.1 Å². The molecular weight excluding hydrogens is 420 g/mol. The molecule has 1 atom stereocenters. The first-order chi connectivity index (χ1) is 15.4. The Bertz CT molecular complexity index is 997. The summed E-state index contributed by atoms with van der Waals surface area (Å²) in [6.07, 6.45) is 8.05. The smallest absolute Gasteiger partial charge is 0.205 e. The Balaban J connectivity index is 2.50. The summed E-state index contributed by atoms with van der Waals surface area (Å²) in [4.78, 5) is 0. The van der Waals surface area contributed by atoms with E-state index in [-0.39, 0.29) is 16.9 Å². The summed E-state index contributed by atoms with van der Waals surface area (Å²) in [6, 6.07) is 15.0. The highest BCUT2D eigenvalue weighted by molar-refractivity contribution is 6.48. The van der Waals surface area contributed by atoms with Gasteiger partial charge in [-0.05, 0) is 76.4 Å². The van der Waals surface area contributed by atoms with Crippen LogP contribution in [0.5, 0.6) is 5.75 Å². The van der Waals surface area contributed by atoms with E-state index in [0.717, 1.165) is 28.9 Å². The molecule has 0 bridgehead atoms. The lowest BCUT2D eigenvalue weighted by Crippen LogP contribution is -2.24. The predicted molar refractivity (Wildman–Crippen MR) is 144 cm³/mol. The molecule has 2 rings (SSSR count). The second-order valence-electron chi connectivity index (χ2n) is 10.8. The average molecular weight is 462 g/mol. The molecule has 177 valence electrons. The number of allylic oxidation sites excluding steroid dienone is 2. The molecule has 0 amide bonds. The van der Waals surface area contributed by atoms with E-state index >= 15 is 0 Å². The van der Waals surface area contributed by atoms with Crippen molar-refractivity contribution in [1.82, 2.24) is 0 Å². The molecule has 0 saturated heterocycles. The maximum absolute atomic E-state index is 6.57. The Hall–Kier alpha value is -2.28. The second kappa shape index (κ2) is 11.2. The standard InChI is InChI=1S/C30H41O2Si/c1-11-14-22(12-2)23-15-13-16-25(19-23)32-28(21-31-33(9)10)24-17-18-26(29(3,4)5)27(20-24)30(6,7)8/h1,13-20,28H,12,21H2,2-10H3. The minimum atomic E-state index is -0.841. The topological polar surface area (TPSA) is 18.5 Å². The Morgan fingerprint density at radius 2 is 1.67 bits per heavy atom. The van der Waals surface area contributed by atoms with Gasteiger partial charge in [-0.3, -0.25) is 0 Å². The highest BCUT2D eigenvalue weighted by Gasteiger charge is 2.27. The van der Waals surface area contributed by atoms with E-state index in [0.29, 0.717) is 6.61 Å². The molecule has 33 heavy (non-hydrogen) atoms. The lowest BCUT2D eigenvalue weighted by molar-refractivity contribution is 0.129. The maximum Gasteiger partial charge on any atom is 0.205 e. The van der Waals surface area contributed by atoms with E-state index < -0.39 is 9.04 Å². The van der Waals surface area contributed by atoms with Gasteiger partial charge in [0.25, 0.3) is 0 Å². The highest BCUT2D eigenvalue weighted by Crippen LogP contribution is 2.36. The number of rotatable bonds is 8. The van der Waals surface area contributed by atoms with Crippen molar-refractivity contribution < 1.29 is 9.16 Å². The van der Waals surface area contributed by atoms with E-state index in [2.05, 4.69) is 97.8 Å². The van der Waals surface area contributed by atoms with Crippen molar-refractivity contribution in [2.75, 3.05) is 6.61 Å². The molecule has 0 spiro atoms. The molecule has 0 N–H and O–H groups in total. The highest BCUT2D eigenvalue weighted by atomic mass is 28.3. The molecule has 0 saturated carbocycles. The van der Waals surface area contributed by atoms with Crippen LogP contribution in [0.3, 0.4) is 0 Å². The summed E-state index contributed by atoms with van der Waals surface area (Å²) in [6.45, 7) is 20.6. The van der Waals surface area contributed by atoms with Crippen molar-refractivity contribution in [3.05, 3.63) is 70.8 Å². The van der Waals surface area contributed by atoms with Crippen molar-refractivity contribution in [2.24, 2.45) is 0 Å². The number of terminal acetylenes is 1. The second-order valence-corrected chi connectivity index (χ2v) is 13.0. The number of hydrogen-bond acceptors (Lipinski definition) is 2. The van der Waals surface area contributed by atoms with Gasteiger partial charge in [0, 0.05) is 0 Å². The van der Waals surface area contributed by atoms with Crippen LogP contribution in [0.1, 0.15) is 83.2 Å². The first-order valence-corrected chi connectivity index (χ1v) is 14.3. The summed E-state index contributed by atoms with van der Waals surface area (Å²) < 4.78 is 12.7. The van der Waals surface area contributed by atoms with Crippen molar-refractivity contribution in [3.63, 3.8) is 0 Å². The lowest BCUT2D eigenvalue weighted by Gasteiger charge is -2.32. The van der Waals surface area contributed by atoms with E-state index in [1.54, 1.807) is 0 Å². The molecule has 2 aromatic rings. The lowest BCUT2D eigenvalue weighted by atomic mass is 9.74. The molecule has 1 radical (unpaired) electrons. The summed E-state index contributed by atoms with van der Waals surface area (Å²) in [5.41, 5.74) is 6.23. The van der Waals surface area contributed by atoms with Gasteiger partial charge in [-0.2, -0.15) is 0 Å². The van der Waals surface area contributed by atoms with Crippen molar-refractivity contribution in [1.29, 1.82) is 0 Å². The monoisotopic (exact) mass is 461 g/mol. The molecule has 0 fully saturated rings. The fourth-order valence-electron chi connectivity index (χ4n) is 3.90. The summed E-state index contributed by atoms with van der Waals surface area (Å²) in [5.74, 6) is 3.48. The van der Waals surface area contributed by atoms with Gasteiger partial charge in [-0.1, -0.05) is 84.7 Å². The molecule has 2 nitrogen and oxygen atoms in total. The zero-order chi connectivity index (χ0) is 24.8. The maximum atomic E-state index is 6.57. The van der Waals surface area contributed by atoms with Gasteiger partial charge >= 0.3 is 0 Å². The van der Waals surface area contributed by atoms with E-state index in [9.17, 15) is 0 Å². The zero-order valence-corrected chi connectivity index (χ0v) is 23.0. The van der Waals surface area contributed by atoms with Crippen LogP contribution in [0.4, 0.5) is 0 Å². The van der Waals surface area contributed by atoms with Crippen LogP contribution in [-0.4, -0.2) is 15.6 Å². The van der Waals surface area contributed by atoms with Gasteiger partial charge in [-0.25, -0.2) is 0 Å². The van der Waals surface area contributed by atoms with Gasteiger partial charge in [0.2, 0.25) is 9.04 Å². The van der Waals surface area contributed by atoms with Crippen LogP contribution in [0.15, 0.2) is 48.5 Å². The average Bonchev–Trinajstić information content (AvgIpc) is 2.73. The van der Waals surface area contributed by atoms with Gasteiger partial charge in [-0.15, -0.1) is 6.42 Å². The molecule has 2 aromatic carbocycles. The molecule has 0 aliphatic carbocycles. The van der Waals surface area contributed by atoms with Gasteiger partial charge in [0.1, 0.15) is 11.9 Å². The van der Waals surface area contributed by atoms with Gasteiger partial charge < -0.3 is 9.16 Å². The first-order valence-electron chi connectivity index (χ1n) is 11.9. The van der Waals surface area contributed by atoms with E-state index in [1.165, 1.54) is 11.1 Å². The molecule has 0 aromatic heterocycles. The Morgan fingerprint density at radius 3 is 2.21 bits per heavy atom. The first kappa shape index (κ1) is 27.0. The summed E-state index contributed by atoms with van der Waals surface area (Å²) >= 11 is 0. The SMILES string of the molecule is C#CC=C(CC)c1cccc(OC(CO[Si](C)C)c2ccc(C(C)(C)C)c(C(C)(C)C)c2)c1. The molecular formula is C30H41O2Si. The molecule has 3 heteroatoms. The van der Waals surface area contributed by atoms with Gasteiger partial charge in [0.15, 0.2) is 0 Å². The number of hydrogen-bond donors (Lipinski definition) is 0. The third-order valence-electron chi connectivity index (χ3n) is 5.68. The number of ether oxygens (including phenoxy) is 1. The van der Waals surface area contributed by atoms with Gasteiger partial charge in [0.05, 0.1) is 6.61 Å². The molecule has 1 unspecified atom stereocenters. The fraction of sp³-hybridized carbons (Fsp3) is 0.467. The van der Waals surface area contributed by atoms with Crippen molar-refractivity contribution in [3.8, 4) is 18.1 Å². The summed E-state index contributed by atoms with van der Waals surface area (Å²) in [7, 11) is -0.841. The van der Waals surface area contributed by atoms with Crippen LogP contribution in [0.25, 0.3) is 5.57 Å². The third kappa shape index (κ3) is 7.63. The normalized spacial score (nSPS) is 13.7. The summed E-state index contributed by atoms with van der Waals surface area (Å²) in [5, 5.41) is 0. The van der Waals surface area contributed by atoms with Crippen LogP contribution in [-0.2, 0) is 15.3 Å². The Kier molecular flexibility index (Phi) is 9.18. The van der Waals surface area contributed by atoms with Crippen molar-refractivity contribution in [2.45, 2.75) is 84.9 Å². The van der Waals surface area contributed by atoms with Crippen LogP contribution < -0.4 is 4.74 Å². The Labute approximate surface area is 204 Å². The minimum Gasteiger partial charge on any atom is -0.483 e. The largest absolute Gasteiger partial charge is 0.483 e. The Morgan fingerprint density at radius 1 is 1.00 bits per heavy atom. The van der Waals surface area contributed by atoms with E-state index in [4.69, 9.17) is 15.6 Å².